The minimum Gasteiger partial charge on any atom is -0.326 e. The molecule has 7 nitrogen and oxygen atoms in total. The summed E-state index contributed by atoms with van der Waals surface area (Å²) in [4.78, 5) is 27.4. The molecule has 1 aromatic heterocycles. The smallest absolute Gasteiger partial charge is 0.318 e. The van der Waals surface area contributed by atoms with Crippen LogP contribution in [0.3, 0.4) is 0 Å². The maximum Gasteiger partial charge on any atom is 0.318 e. The van der Waals surface area contributed by atoms with E-state index >= 15 is 0 Å². The van der Waals surface area contributed by atoms with Gasteiger partial charge in [-0.05, 0) is 31.2 Å². The van der Waals surface area contributed by atoms with Gasteiger partial charge in [0.2, 0.25) is 11.0 Å². The fourth-order valence-corrected chi connectivity index (χ4v) is 5.13. The summed E-state index contributed by atoms with van der Waals surface area (Å²) in [6.07, 6.45) is 8.49. The number of carbonyl (C=O) groups is 2. The summed E-state index contributed by atoms with van der Waals surface area (Å²) < 4.78 is 0. The first-order chi connectivity index (χ1) is 14.7. The van der Waals surface area contributed by atoms with Gasteiger partial charge in [0.25, 0.3) is 0 Å². The van der Waals surface area contributed by atoms with Gasteiger partial charge in [0, 0.05) is 25.4 Å². The lowest BCUT2D eigenvalue weighted by atomic mass is 9.90. The number of aromatic nitrogens is 2. The third-order valence-electron chi connectivity index (χ3n) is 5.92. The monoisotopic (exact) mass is 427 g/mol. The number of nitrogens with one attached hydrogen (secondary N) is 2. The molecule has 30 heavy (non-hydrogen) atoms. The Bertz CT molecular complexity index is 844. The first-order valence-electron chi connectivity index (χ1n) is 10.9. The van der Waals surface area contributed by atoms with Crippen molar-refractivity contribution in [2.24, 2.45) is 0 Å². The van der Waals surface area contributed by atoms with Crippen LogP contribution in [0.25, 0.3) is 0 Å². The molecule has 4 rings (SSSR count). The van der Waals surface area contributed by atoms with Gasteiger partial charge in [0.05, 0.1) is 0 Å². The molecular weight excluding hydrogens is 398 g/mol. The molecular formula is C22H29N5O2S. The number of benzene rings is 1. The van der Waals surface area contributed by atoms with Gasteiger partial charge in [-0.3, -0.25) is 10.1 Å². The summed E-state index contributed by atoms with van der Waals surface area (Å²) in [6, 6.07) is 8.91. The van der Waals surface area contributed by atoms with Crippen molar-refractivity contribution >= 4 is 28.4 Å². The van der Waals surface area contributed by atoms with Crippen molar-refractivity contribution in [2.75, 3.05) is 18.4 Å². The lowest BCUT2D eigenvalue weighted by Gasteiger charge is -2.22. The number of carbonyl (C=O) groups excluding carboxylic acids is 2. The summed E-state index contributed by atoms with van der Waals surface area (Å²) in [5.41, 5.74) is 1.000. The molecule has 2 heterocycles. The quantitative estimate of drug-likeness (QED) is 0.731. The van der Waals surface area contributed by atoms with E-state index < -0.39 is 6.04 Å². The van der Waals surface area contributed by atoms with E-state index in [1.807, 2.05) is 30.3 Å². The third kappa shape index (κ3) is 5.36. The lowest BCUT2D eigenvalue weighted by Crippen LogP contribution is -2.49. The highest BCUT2D eigenvalue weighted by Gasteiger charge is 2.27. The van der Waals surface area contributed by atoms with Crippen molar-refractivity contribution < 1.29 is 9.59 Å². The maximum atomic E-state index is 13.0. The Labute approximate surface area is 181 Å². The van der Waals surface area contributed by atoms with Gasteiger partial charge in [-0.1, -0.05) is 60.9 Å². The van der Waals surface area contributed by atoms with Crippen molar-refractivity contribution in [2.45, 2.75) is 63.3 Å². The number of urea groups is 1. The zero-order valence-electron chi connectivity index (χ0n) is 17.2. The molecule has 0 unspecified atom stereocenters. The van der Waals surface area contributed by atoms with Gasteiger partial charge in [-0.25, -0.2) is 4.79 Å². The van der Waals surface area contributed by atoms with E-state index in [4.69, 9.17) is 0 Å². The average molecular weight is 428 g/mol. The van der Waals surface area contributed by atoms with Crippen molar-refractivity contribution in [3.8, 4) is 0 Å². The molecule has 8 heteroatoms. The third-order valence-corrected chi connectivity index (χ3v) is 6.92. The topological polar surface area (TPSA) is 87.2 Å². The SMILES string of the molecule is O=C(Nc1nnc(C2CCCCC2)s1)[C@@H](Cc1ccccc1)NC(=O)N1CCCC1. The van der Waals surface area contributed by atoms with Crippen LogP contribution >= 0.6 is 11.3 Å². The normalized spacial score (nSPS) is 18.2. The number of hydrogen-bond acceptors (Lipinski definition) is 5. The predicted octanol–water partition coefficient (Wildman–Crippen LogP) is 3.94. The van der Waals surface area contributed by atoms with E-state index in [-0.39, 0.29) is 11.9 Å². The molecule has 1 saturated heterocycles. The fourth-order valence-electron chi connectivity index (χ4n) is 4.21. The first kappa shape index (κ1) is 20.8. The number of nitrogens with zero attached hydrogens (tertiary/aromatic N) is 3. The van der Waals surface area contributed by atoms with E-state index in [0.717, 1.165) is 49.3 Å². The number of likely N-dealkylation sites (tertiary alicyclic amines) is 1. The Morgan fingerprint density at radius 1 is 1.03 bits per heavy atom. The molecule has 0 spiro atoms. The molecule has 1 atom stereocenters. The van der Waals surface area contributed by atoms with Crippen LogP contribution in [0.5, 0.6) is 0 Å². The Balaban J connectivity index is 1.43. The minimum absolute atomic E-state index is 0.177. The van der Waals surface area contributed by atoms with Crippen LogP contribution in [0.1, 0.15) is 61.4 Å². The van der Waals surface area contributed by atoms with Crippen LogP contribution in [0.15, 0.2) is 30.3 Å². The number of rotatable bonds is 6. The van der Waals surface area contributed by atoms with Crippen LogP contribution < -0.4 is 10.6 Å². The summed E-state index contributed by atoms with van der Waals surface area (Å²) in [6.45, 7) is 1.49. The molecule has 1 saturated carbocycles. The second-order valence-corrected chi connectivity index (χ2v) is 9.16. The van der Waals surface area contributed by atoms with Crippen molar-refractivity contribution in [3.63, 3.8) is 0 Å². The van der Waals surface area contributed by atoms with Gasteiger partial charge in [-0.2, -0.15) is 0 Å². The van der Waals surface area contributed by atoms with Gasteiger partial charge >= 0.3 is 6.03 Å². The number of anilines is 1. The molecule has 0 bridgehead atoms. The van der Waals surface area contributed by atoms with Gasteiger partial charge in [0.1, 0.15) is 11.0 Å². The van der Waals surface area contributed by atoms with E-state index in [1.54, 1.807) is 4.90 Å². The predicted molar refractivity (Wildman–Crippen MR) is 118 cm³/mol. The van der Waals surface area contributed by atoms with Gasteiger partial charge < -0.3 is 10.2 Å². The van der Waals surface area contributed by atoms with E-state index in [0.29, 0.717) is 17.5 Å². The van der Waals surface area contributed by atoms with E-state index in [1.165, 1.54) is 30.6 Å². The Morgan fingerprint density at radius 3 is 2.50 bits per heavy atom. The lowest BCUT2D eigenvalue weighted by molar-refractivity contribution is -0.118. The number of hydrogen-bond donors (Lipinski definition) is 2. The van der Waals surface area contributed by atoms with E-state index in [2.05, 4.69) is 20.8 Å². The maximum absolute atomic E-state index is 13.0. The van der Waals surface area contributed by atoms with Crippen LogP contribution in [0.4, 0.5) is 9.93 Å². The molecule has 2 N–H and O–H groups in total. The average Bonchev–Trinajstić information content (AvgIpc) is 3.47. The van der Waals surface area contributed by atoms with Gasteiger partial charge in [-0.15, -0.1) is 10.2 Å². The molecule has 0 radical (unpaired) electrons. The van der Waals surface area contributed by atoms with Crippen LogP contribution in [-0.4, -0.2) is 46.2 Å². The molecule has 1 aliphatic carbocycles. The molecule has 1 aromatic carbocycles. The fraction of sp³-hybridized carbons (Fsp3) is 0.545. The standard InChI is InChI=1S/C22H29N5O2S/c28-19(24-21-26-25-20(30-21)17-11-5-2-6-12-17)18(15-16-9-3-1-4-10-16)23-22(29)27-13-7-8-14-27/h1,3-4,9-10,17-18H,2,5-8,11-15H2,(H,23,29)(H,24,26,28)/t18-/m1/s1. The molecule has 2 fully saturated rings. The van der Waals surface area contributed by atoms with Crippen molar-refractivity contribution in [1.82, 2.24) is 20.4 Å². The van der Waals surface area contributed by atoms with Crippen LogP contribution in [-0.2, 0) is 11.2 Å². The summed E-state index contributed by atoms with van der Waals surface area (Å²) in [5.74, 6) is 0.203. The Morgan fingerprint density at radius 2 is 1.77 bits per heavy atom. The van der Waals surface area contributed by atoms with Crippen molar-refractivity contribution in [3.05, 3.63) is 40.9 Å². The molecule has 160 valence electrons. The van der Waals surface area contributed by atoms with Crippen molar-refractivity contribution in [1.29, 1.82) is 0 Å². The summed E-state index contributed by atoms with van der Waals surface area (Å²) in [7, 11) is 0. The second-order valence-electron chi connectivity index (χ2n) is 8.16. The van der Waals surface area contributed by atoms with E-state index in [9.17, 15) is 9.59 Å². The highest BCUT2D eigenvalue weighted by Crippen LogP contribution is 2.35. The zero-order chi connectivity index (χ0) is 20.8. The summed E-state index contributed by atoms with van der Waals surface area (Å²) in [5, 5.41) is 15.8. The highest BCUT2D eigenvalue weighted by atomic mass is 32.1. The Hall–Kier alpha value is -2.48. The molecule has 3 amide bonds. The molecule has 2 aromatic rings. The number of amides is 3. The van der Waals surface area contributed by atoms with Crippen LogP contribution in [0.2, 0.25) is 0 Å². The molecule has 1 aliphatic heterocycles. The first-order valence-corrected chi connectivity index (χ1v) is 11.7. The van der Waals surface area contributed by atoms with Crippen LogP contribution in [0, 0.1) is 0 Å². The minimum atomic E-state index is -0.664. The highest BCUT2D eigenvalue weighted by molar-refractivity contribution is 7.15. The Kier molecular flexibility index (Phi) is 6.94. The van der Waals surface area contributed by atoms with Gasteiger partial charge in [0.15, 0.2) is 0 Å². The largest absolute Gasteiger partial charge is 0.326 e. The second kappa shape index (κ2) is 10.0. The zero-order valence-corrected chi connectivity index (χ0v) is 18.0. The molecule has 2 aliphatic rings. The summed E-state index contributed by atoms with van der Waals surface area (Å²) >= 11 is 1.46.